The first-order valence-electron chi connectivity index (χ1n) is 4.73. The summed E-state index contributed by atoms with van der Waals surface area (Å²) in [5, 5.41) is 3.09. The highest BCUT2D eigenvalue weighted by molar-refractivity contribution is 14.1. The normalized spacial score (nSPS) is 11.3. The van der Waals surface area contributed by atoms with Crippen LogP contribution >= 0.6 is 22.6 Å². The molecule has 84 valence electrons. The summed E-state index contributed by atoms with van der Waals surface area (Å²) in [5.74, 6) is 0.399. The average Bonchev–Trinajstić information content (AvgIpc) is 2.18. The quantitative estimate of drug-likeness (QED) is 0.836. The molecular formula is C10H14INO2S. The lowest BCUT2D eigenvalue weighted by molar-refractivity contribution is 0.597. The fourth-order valence-electron chi connectivity index (χ4n) is 1.09. The van der Waals surface area contributed by atoms with Crippen molar-refractivity contribution in [2.75, 3.05) is 23.4 Å². The molecule has 0 aliphatic heterocycles. The third-order valence-corrected chi connectivity index (χ3v) is 4.38. The zero-order valence-electron chi connectivity index (χ0n) is 8.53. The van der Waals surface area contributed by atoms with Crippen molar-refractivity contribution in [2.24, 2.45) is 0 Å². The second-order valence-corrected chi connectivity index (χ2v) is 6.89. The summed E-state index contributed by atoms with van der Waals surface area (Å²) < 4.78 is 23.6. The Morgan fingerprint density at radius 3 is 2.73 bits per heavy atom. The number of benzene rings is 1. The highest BCUT2D eigenvalue weighted by atomic mass is 127. The second-order valence-electron chi connectivity index (χ2n) is 3.17. The van der Waals surface area contributed by atoms with Gasteiger partial charge in [-0.2, -0.15) is 0 Å². The lowest BCUT2D eigenvalue weighted by Crippen LogP contribution is -2.17. The number of nitrogens with one attached hydrogen (secondary N) is 1. The zero-order chi connectivity index (χ0) is 11.3. The van der Waals surface area contributed by atoms with Crippen LogP contribution in [-0.2, 0) is 9.84 Å². The van der Waals surface area contributed by atoms with Gasteiger partial charge in [0.15, 0.2) is 9.84 Å². The van der Waals surface area contributed by atoms with E-state index in [2.05, 4.69) is 27.9 Å². The minimum absolute atomic E-state index is 0.189. The monoisotopic (exact) mass is 339 g/mol. The van der Waals surface area contributed by atoms with E-state index in [0.29, 0.717) is 6.54 Å². The molecule has 1 aromatic rings. The maximum atomic E-state index is 11.2. The molecule has 1 aromatic carbocycles. The Balaban J connectivity index is 2.45. The van der Waals surface area contributed by atoms with Crippen LogP contribution in [0.2, 0.25) is 0 Å². The van der Waals surface area contributed by atoms with Crippen LogP contribution in [0.15, 0.2) is 24.3 Å². The molecule has 0 saturated carbocycles. The number of hydrogen-bond donors (Lipinski definition) is 1. The summed E-state index contributed by atoms with van der Waals surface area (Å²) in [6, 6.07) is 7.85. The van der Waals surface area contributed by atoms with E-state index in [-0.39, 0.29) is 11.5 Å². The molecular weight excluding hydrogens is 325 g/mol. The Labute approximate surface area is 104 Å². The predicted molar refractivity (Wildman–Crippen MR) is 72.0 cm³/mol. The van der Waals surface area contributed by atoms with Gasteiger partial charge in [-0.15, -0.1) is 0 Å². The van der Waals surface area contributed by atoms with E-state index in [4.69, 9.17) is 0 Å². The molecule has 0 fully saturated rings. The van der Waals surface area contributed by atoms with Crippen LogP contribution in [0.3, 0.4) is 0 Å². The van der Waals surface area contributed by atoms with Crippen molar-refractivity contribution in [3.05, 3.63) is 27.8 Å². The van der Waals surface area contributed by atoms with E-state index in [0.717, 1.165) is 9.26 Å². The van der Waals surface area contributed by atoms with E-state index in [1.54, 1.807) is 6.92 Å². The number of anilines is 1. The molecule has 0 heterocycles. The SMILES string of the molecule is CCS(=O)(=O)CCNc1cccc(I)c1. The van der Waals surface area contributed by atoms with Gasteiger partial charge in [-0.1, -0.05) is 13.0 Å². The fraction of sp³-hybridized carbons (Fsp3) is 0.400. The summed E-state index contributed by atoms with van der Waals surface area (Å²) in [6.07, 6.45) is 0. The topological polar surface area (TPSA) is 46.2 Å². The summed E-state index contributed by atoms with van der Waals surface area (Å²) in [6.45, 7) is 2.14. The molecule has 0 spiro atoms. The molecule has 5 heteroatoms. The molecule has 1 rings (SSSR count). The third-order valence-electron chi connectivity index (χ3n) is 2.01. The van der Waals surface area contributed by atoms with Crippen molar-refractivity contribution < 1.29 is 8.42 Å². The maximum absolute atomic E-state index is 11.2. The van der Waals surface area contributed by atoms with E-state index >= 15 is 0 Å². The molecule has 0 radical (unpaired) electrons. The lowest BCUT2D eigenvalue weighted by Gasteiger charge is -2.06. The van der Waals surface area contributed by atoms with Crippen molar-refractivity contribution in [1.82, 2.24) is 0 Å². The van der Waals surface area contributed by atoms with Crippen molar-refractivity contribution in [3.8, 4) is 0 Å². The van der Waals surface area contributed by atoms with E-state index in [1.165, 1.54) is 0 Å². The van der Waals surface area contributed by atoms with Crippen LogP contribution in [0.1, 0.15) is 6.92 Å². The second kappa shape index (κ2) is 5.69. The van der Waals surface area contributed by atoms with E-state index in [1.807, 2.05) is 24.3 Å². The highest BCUT2D eigenvalue weighted by Gasteiger charge is 2.05. The molecule has 0 saturated heterocycles. The molecule has 0 aliphatic rings. The lowest BCUT2D eigenvalue weighted by atomic mass is 10.3. The Kier molecular flexibility index (Phi) is 4.85. The Hall–Kier alpha value is -0.300. The Bertz CT molecular complexity index is 417. The minimum Gasteiger partial charge on any atom is -0.384 e. The first kappa shape index (κ1) is 12.8. The molecule has 0 atom stereocenters. The van der Waals surface area contributed by atoms with Crippen molar-refractivity contribution in [1.29, 1.82) is 0 Å². The number of rotatable bonds is 5. The third kappa shape index (κ3) is 4.83. The van der Waals surface area contributed by atoms with Crippen molar-refractivity contribution in [2.45, 2.75) is 6.92 Å². The van der Waals surface area contributed by atoms with Gasteiger partial charge >= 0.3 is 0 Å². The first-order valence-corrected chi connectivity index (χ1v) is 7.63. The van der Waals surface area contributed by atoms with Crippen LogP contribution in [0.5, 0.6) is 0 Å². The van der Waals surface area contributed by atoms with E-state index in [9.17, 15) is 8.42 Å². The van der Waals surface area contributed by atoms with Crippen molar-refractivity contribution >= 4 is 38.1 Å². The summed E-state index contributed by atoms with van der Waals surface area (Å²) in [4.78, 5) is 0. The van der Waals surface area contributed by atoms with Gasteiger partial charge in [0, 0.05) is 21.6 Å². The average molecular weight is 339 g/mol. The summed E-state index contributed by atoms with van der Waals surface area (Å²) in [5.41, 5.74) is 0.966. The molecule has 3 nitrogen and oxygen atoms in total. The Morgan fingerprint density at radius 1 is 1.40 bits per heavy atom. The van der Waals surface area contributed by atoms with Crippen molar-refractivity contribution in [3.63, 3.8) is 0 Å². The molecule has 15 heavy (non-hydrogen) atoms. The molecule has 0 unspecified atom stereocenters. The van der Waals surface area contributed by atoms with E-state index < -0.39 is 9.84 Å². The fourth-order valence-corrected chi connectivity index (χ4v) is 2.34. The van der Waals surface area contributed by atoms with Gasteiger partial charge in [0.1, 0.15) is 0 Å². The number of halogens is 1. The number of hydrogen-bond acceptors (Lipinski definition) is 3. The maximum Gasteiger partial charge on any atom is 0.151 e. The predicted octanol–water partition coefficient (Wildman–Crippen LogP) is 2.14. The highest BCUT2D eigenvalue weighted by Crippen LogP contribution is 2.11. The van der Waals surface area contributed by atoms with Gasteiger partial charge in [-0.25, -0.2) is 8.42 Å². The van der Waals surface area contributed by atoms with Gasteiger partial charge in [-0.05, 0) is 40.8 Å². The number of sulfone groups is 1. The van der Waals surface area contributed by atoms with Crippen LogP contribution in [0.4, 0.5) is 5.69 Å². The molecule has 0 aromatic heterocycles. The summed E-state index contributed by atoms with van der Waals surface area (Å²) >= 11 is 2.22. The molecule has 0 amide bonds. The first-order chi connectivity index (χ1) is 7.03. The molecule has 0 aliphatic carbocycles. The largest absolute Gasteiger partial charge is 0.384 e. The van der Waals surface area contributed by atoms with Crippen LogP contribution in [0, 0.1) is 3.57 Å². The van der Waals surface area contributed by atoms with Crippen LogP contribution < -0.4 is 5.32 Å². The smallest absolute Gasteiger partial charge is 0.151 e. The van der Waals surface area contributed by atoms with Crippen LogP contribution in [-0.4, -0.2) is 26.5 Å². The van der Waals surface area contributed by atoms with Gasteiger partial charge in [0.05, 0.1) is 5.75 Å². The minimum atomic E-state index is -2.86. The van der Waals surface area contributed by atoms with Gasteiger partial charge in [-0.3, -0.25) is 0 Å². The molecule has 1 N–H and O–H groups in total. The Morgan fingerprint density at radius 2 is 2.13 bits per heavy atom. The molecule has 0 bridgehead atoms. The zero-order valence-corrected chi connectivity index (χ0v) is 11.5. The van der Waals surface area contributed by atoms with Gasteiger partial charge in [0.25, 0.3) is 0 Å². The van der Waals surface area contributed by atoms with Crippen LogP contribution in [0.25, 0.3) is 0 Å². The standard InChI is InChI=1S/C10H14INO2S/c1-2-15(13,14)7-6-12-10-5-3-4-9(11)8-10/h3-5,8,12H,2,6-7H2,1H3. The van der Waals surface area contributed by atoms with Gasteiger partial charge < -0.3 is 5.32 Å². The van der Waals surface area contributed by atoms with Gasteiger partial charge in [0.2, 0.25) is 0 Å². The summed E-state index contributed by atoms with van der Waals surface area (Å²) in [7, 11) is -2.86.